The van der Waals surface area contributed by atoms with E-state index in [4.69, 9.17) is 0 Å². The highest BCUT2D eigenvalue weighted by molar-refractivity contribution is 5.94. The van der Waals surface area contributed by atoms with Gasteiger partial charge in [-0.3, -0.25) is 4.79 Å². The first-order chi connectivity index (χ1) is 12.7. The smallest absolute Gasteiger partial charge is 0.254 e. The predicted molar refractivity (Wildman–Crippen MR) is 102 cm³/mol. The highest BCUT2D eigenvalue weighted by Gasteiger charge is 2.44. The molecule has 3 heteroatoms. The Morgan fingerprint density at radius 1 is 0.885 bits per heavy atom. The Balaban J connectivity index is 1.59. The van der Waals surface area contributed by atoms with Crippen molar-refractivity contribution in [2.24, 2.45) is 0 Å². The number of hydrogen-bond acceptors (Lipinski definition) is 2. The third-order valence-electron chi connectivity index (χ3n) is 4.96. The lowest BCUT2D eigenvalue weighted by molar-refractivity contribution is 0.0726. The zero-order valence-electron chi connectivity index (χ0n) is 14.5. The molecule has 2 atom stereocenters. The summed E-state index contributed by atoms with van der Waals surface area (Å²) in [4.78, 5) is 15.1. The second kappa shape index (κ2) is 7.04. The van der Waals surface area contributed by atoms with Gasteiger partial charge in [0.15, 0.2) is 0 Å². The van der Waals surface area contributed by atoms with Crippen LogP contribution in [0.5, 0.6) is 5.75 Å². The molecule has 0 heterocycles. The number of amides is 1. The van der Waals surface area contributed by atoms with E-state index >= 15 is 0 Å². The largest absolute Gasteiger partial charge is 0.508 e. The van der Waals surface area contributed by atoms with E-state index in [0.29, 0.717) is 18.0 Å². The van der Waals surface area contributed by atoms with Gasteiger partial charge in [0, 0.05) is 24.1 Å². The maximum Gasteiger partial charge on any atom is 0.254 e. The second-order valence-electron chi connectivity index (χ2n) is 6.79. The molecule has 1 N–H and O–H groups in total. The van der Waals surface area contributed by atoms with Crippen molar-refractivity contribution in [1.29, 1.82) is 0 Å². The molecule has 0 spiro atoms. The highest BCUT2D eigenvalue weighted by atomic mass is 16.3. The number of phenolic OH excluding ortho intramolecular Hbond substituents is 1. The Morgan fingerprint density at radius 3 is 2.15 bits per heavy atom. The molecule has 0 aromatic heterocycles. The number of phenols is 1. The average molecular weight is 343 g/mol. The molecule has 1 aliphatic carbocycles. The summed E-state index contributed by atoms with van der Waals surface area (Å²) in [6, 6.07) is 27.1. The minimum Gasteiger partial charge on any atom is -0.508 e. The highest BCUT2D eigenvalue weighted by Crippen LogP contribution is 2.45. The Hall–Kier alpha value is -3.07. The minimum atomic E-state index is 0.0575. The lowest BCUT2D eigenvalue weighted by Gasteiger charge is -2.24. The zero-order valence-corrected chi connectivity index (χ0v) is 14.5. The van der Waals surface area contributed by atoms with Gasteiger partial charge in [0.2, 0.25) is 0 Å². The fourth-order valence-electron chi connectivity index (χ4n) is 3.47. The van der Waals surface area contributed by atoms with Gasteiger partial charge in [0.05, 0.1) is 0 Å². The summed E-state index contributed by atoms with van der Waals surface area (Å²) in [6.45, 7) is 0.544. The van der Waals surface area contributed by atoms with Gasteiger partial charge >= 0.3 is 0 Å². The molecule has 1 fully saturated rings. The zero-order chi connectivity index (χ0) is 17.9. The van der Waals surface area contributed by atoms with Gasteiger partial charge in [0.1, 0.15) is 5.75 Å². The summed E-state index contributed by atoms with van der Waals surface area (Å²) >= 11 is 0. The van der Waals surface area contributed by atoms with Crippen LogP contribution < -0.4 is 0 Å². The van der Waals surface area contributed by atoms with Crippen molar-refractivity contribution in [3.8, 4) is 5.75 Å². The lowest BCUT2D eigenvalue weighted by Crippen LogP contribution is -2.33. The molecule has 1 amide bonds. The minimum absolute atomic E-state index is 0.0575. The van der Waals surface area contributed by atoms with Crippen LogP contribution in [0, 0.1) is 0 Å². The lowest BCUT2D eigenvalue weighted by atomic mass is 10.1. The van der Waals surface area contributed by atoms with Crippen LogP contribution in [0.1, 0.15) is 33.8 Å². The van der Waals surface area contributed by atoms with Gasteiger partial charge in [-0.15, -0.1) is 0 Å². The quantitative estimate of drug-likeness (QED) is 0.736. The van der Waals surface area contributed by atoms with Crippen LogP contribution in [0.25, 0.3) is 0 Å². The fraction of sp³-hybridized carbons (Fsp3) is 0.174. The van der Waals surface area contributed by atoms with Gasteiger partial charge in [-0.05, 0) is 41.8 Å². The molecule has 1 saturated carbocycles. The molecule has 3 aromatic rings. The maximum absolute atomic E-state index is 13.2. The summed E-state index contributed by atoms with van der Waals surface area (Å²) in [5.74, 6) is 0.686. The molecular formula is C23H21NO2. The van der Waals surface area contributed by atoms with Crippen molar-refractivity contribution >= 4 is 5.91 Å². The molecule has 3 aromatic carbocycles. The van der Waals surface area contributed by atoms with Crippen LogP contribution in [0.15, 0.2) is 84.9 Å². The molecule has 26 heavy (non-hydrogen) atoms. The number of benzene rings is 3. The van der Waals surface area contributed by atoms with Crippen LogP contribution in [-0.4, -0.2) is 22.0 Å². The topological polar surface area (TPSA) is 40.5 Å². The normalized spacial score (nSPS) is 18.3. The molecule has 4 rings (SSSR count). The molecule has 0 radical (unpaired) electrons. The fourth-order valence-corrected chi connectivity index (χ4v) is 3.47. The van der Waals surface area contributed by atoms with Gasteiger partial charge in [-0.2, -0.15) is 0 Å². The Bertz CT molecular complexity index is 875. The molecule has 1 aliphatic rings. The van der Waals surface area contributed by atoms with Crippen molar-refractivity contribution in [3.63, 3.8) is 0 Å². The average Bonchev–Trinajstić information content (AvgIpc) is 3.49. The molecule has 3 nitrogen and oxygen atoms in total. The summed E-state index contributed by atoms with van der Waals surface area (Å²) in [6.07, 6.45) is 0.987. The monoisotopic (exact) mass is 343 g/mol. The van der Waals surface area contributed by atoms with Gasteiger partial charge < -0.3 is 10.0 Å². The van der Waals surface area contributed by atoms with Crippen molar-refractivity contribution < 1.29 is 9.90 Å². The Morgan fingerprint density at radius 2 is 1.50 bits per heavy atom. The van der Waals surface area contributed by atoms with E-state index in [1.54, 1.807) is 12.1 Å². The van der Waals surface area contributed by atoms with Crippen LogP contribution >= 0.6 is 0 Å². The standard InChI is InChI=1S/C23H21NO2/c25-20-13-11-17(12-14-20)16-24(23(26)19-9-5-2-6-10-19)22-15-21(22)18-7-3-1-4-8-18/h1-14,21-22,25H,15-16H2. The first-order valence-electron chi connectivity index (χ1n) is 8.91. The number of aromatic hydroxyl groups is 1. The van der Waals surface area contributed by atoms with Crippen molar-refractivity contribution in [2.75, 3.05) is 0 Å². The second-order valence-corrected chi connectivity index (χ2v) is 6.79. The predicted octanol–water partition coefficient (Wildman–Crippen LogP) is 4.59. The number of rotatable bonds is 5. The Labute approximate surface area is 153 Å². The molecular weight excluding hydrogens is 322 g/mol. The molecule has 0 bridgehead atoms. The third-order valence-corrected chi connectivity index (χ3v) is 4.96. The van der Waals surface area contributed by atoms with Crippen molar-refractivity contribution in [1.82, 2.24) is 4.90 Å². The number of nitrogens with zero attached hydrogens (tertiary/aromatic N) is 1. The summed E-state index contributed by atoms with van der Waals surface area (Å²) in [5, 5.41) is 9.51. The van der Waals surface area contributed by atoms with E-state index in [2.05, 4.69) is 12.1 Å². The molecule has 130 valence electrons. The van der Waals surface area contributed by atoms with E-state index in [1.807, 2.05) is 65.6 Å². The first kappa shape index (κ1) is 16.4. The van der Waals surface area contributed by atoms with Crippen LogP contribution in [0.2, 0.25) is 0 Å². The first-order valence-corrected chi connectivity index (χ1v) is 8.91. The van der Waals surface area contributed by atoms with Crippen LogP contribution in [0.4, 0.5) is 0 Å². The number of carbonyl (C=O) groups is 1. The summed E-state index contributed by atoms with van der Waals surface area (Å²) in [5.41, 5.74) is 3.02. The van der Waals surface area contributed by atoms with E-state index < -0.39 is 0 Å². The van der Waals surface area contributed by atoms with E-state index in [0.717, 1.165) is 12.0 Å². The van der Waals surface area contributed by atoms with Gasteiger partial charge in [0.25, 0.3) is 5.91 Å². The molecule has 0 aliphatic heterocycles. The summed E-state index contributed by atoms with van der Waals surface area (Å²) < 4.78 is 0. The maximum atomic E-state index is 13.2. The Kier molecular flexibility index (Phi) is 4.44. The van der Waals surface area contributed by atoms with Crippen LogP contribution in [-0.2, 0) is 6.54 Å². The van der Waals surface area contributed by atoms with Crippen molar-refractivity contribution in [3.05, 3.63) is 102 Å². The van der Waals surface area contributed by atoms with E-state index in [-0.39, 0.29) is 17.7 Å². The van der Waals surface area contributed by atoms with E-state index in [1.165, 1.54) is 5.56 Å². The summed E-state index contributed by atoms with van der Waals surface area (Å²) in [7, 11) is 0. The van der Waals surface area contributed by atoms with Gasteiger partial charge in [-0.1, -0.05) is 60.7 Å². The van der Waals surface area contributed by atoms with E-state index in [9.17, 15) is 9.90 Å². The van der Waals surface area contributed by atoms with Crippen molar-refractivity contribution in [2.45, 2.75) is 24.9 Å². The molecule has 2 unspecified atom stereocenters. The third kappa shape index (κ3) is 3.47. The number of hydrogen-bond donors (Lipinski definition) is 1. The SMILES string of the molecule is O=C(c1ccccc1)N(Cc1ccc(O)cc1)C1CC1c1ccccc1. The number of carbonyl (C=O) groups excluding carboxylic acids is 1. The van der Waals surface area contributed by atoms with Gasteiger partial charge in [-0.25, -0.2) is 0 Å². The van der Waals surface area contributed by atoms with Crippen LogP contribution in [0.3, 0.4) is 0 Å². The molecule has 0 saturated heterocycles.